The number of nitrogens with one attached hydrogen (secondary N) is 1. The third-order valence-corrected chi connectivity index (χ3v) is 2.00. The van der Waals surface area contributed by atoms with Crippen LogP contribution in [-0.4, -0.2) is 19.7 Å². The molecule has 0 fully saturated rings. The van der Waals surface area contributed by atoms with E-state index in [-0.39, 0.29) is 12.2 Å². The monoisotopic (exact) mass is 193 g/mol. The zero-order valence-electron chi connectivity index (χ0n) is 9.16. The third-order valence-electron chi connectivity index (χ3n) is 2.00. The number of ether oxygens (including phenoxy) is 1. The van der Waals surface area contributed by atoms with Gasteiger partial charge < -0.3 is 10.1 Å². The molecule has 0 spiro atoms. The molecule has 1 N–H and O–H groups in total. The van der Waals surface area contributed by atoms with E-state index >= 15 is 0 Å². The first-order valence-electron chi connectivity index (χ1n) is 5.09. The first-order valence-corrected chi connectivity index (χ1v) is 5.09. The van der Waals surface area contributed by atoms with Gasteiger partial charge in [0.05, 0.1) is 12.2 Å². The summed E-state index contributed by atoms with van der Waals surface area (Å²) in [7, 11) is 1.94. The highest BCUT2D eigenvalue weighted by Crippen LogP contribution is 2.17. The van der Waals surface area contributed by atoms with E-state index < -0.39 is 0 Å². The maximum Gasteiger partial charge on any atom is 0.0952 e. The van der Waals surface area contributed by atoms with Crippen molar-refractivity contribution >= 4 is 0 Å². The van der Waals surface area contributed by atoms with E-state index in [1.165, 1.54) is 5.56 Å². The average molecular weight is 193 g/mol. The topological polar surface area (TPSA) is 21.3 Å². The Morgan fingerprint density at radius 2 is 1.86 bits per heavy atom. The van der Waals surface area contributed by atoms with E-state index in [4.69, 9.17) is 4.74 Å². The molecular weight excluding hydrogens is 174 g/mol. The maximum absolute atomic E-state index is 5.81. The van der Waals surface area contributed by atoms with Crippen molar-refractivity contribution in [2.45, 2.75) is 26.1 Å². The number of rotatable bonds is 5. The second kappa shape index (κ2) is 5.78. The third kappa shape index (κ3) is 3.48. The van der Waals surface area contributed by atoms with Gasteiger partial charge >= 0.3 is 0 Å². The minimum Gasteiger partial charge on any atom is -0.370 e. The van der Waals surface area contributed by atoms with Crippen LogP contribution in [-0.2, 0) is 4.74 Å². The summed E-state index contributed by atoms with van der Waals surface area (Å²) in [5.74, 6) is 0. The Bertz CT molecular complexity index is 246. The molecule has 0 aliphatic rings. The molecule has 14 heavy (non-hydrogen) atoms. The standard InChI is InChI=1S/C12H19NO/c1-10(2)14-12(9-13-3)11-7-5-4-6-8-11/h4-8,10,12-13H,9H2,1-3H3/t12-/m1/s1. The van der Waals surface area contributed by atoms with Crippen molar-refractivity contribution in [2.75, 3.05) is 13.6 Å². The lowest BCUT2D eigenvalue weighted by Crippen LogP contribution is -2.22. The van der Waals surface area contributed by atoms with Crippen LogP contribution in [0.3, 0.4) is 0 Å². The second-order valence-corrected chi connectivity index (χ2v) is 3.64. The lowest BCUT2D eigenvalue weighted by Gasteiger charge is -2.20. The highest BCUT2D eigenvalue weighted by atomic mass is 16.5. The summed E-state index contributed by atoms with van der Waals surface area (Å²) in [6, 6.07) is 10.3. The summed E-state index contributed by atoms with van der Waals surface area (Å²) >= 11 is 0. The lowest BCUT2D eigenvalue weighted by molar-refractivity contribution is 0.00814. The van der Waals surface area contributed by atoms with E-state index in [9.17, 15) is 0 Å². The summed E-state index contributed by atoms with van der Waals surface area (Å²) in [6.07, 6.45) is 0.412. The van der Waals surface area contributed by atoms with Gasteiger partial charge in [-0.25, -0.2) is 0 Å². The lowest BCUT2D eigenvalue weighted by atomic mass is 10.1. The van der Waals surface area contributed by atoms with Gasteiger partial charge in [0.1, 0.15) is 0 Å². The van der Waals surface area contributed by atoms with Gasteiger partial charge in [0, 0.05) is 6.54 Å². The quantitative estimate of drug-likeness (QED) is 0.775. The number of benzene rings is 1. The fourth-order valence-electron chi connectivity index (χ4n) is 1.43. The predicted molar refractivity (Wildman–Crippen MR) is 59.3 cm³/mol. The Morgan fingerprint density at radius 3 is 2.36 bits per heavy atom. The number of likely N-dealkylation sites (N-methyl/N-ethyl adjacent to an activating group) is 1. The molecule has 1 rings (SSSR count). The molecule has 1 atom stereocenters. The first kappa shape index (κ1) is 11.2. The highest BCUT2D eigenvalue weighted by molar-refractivity contribution is 5.17. The van der Waals surface area contributed by atoms with E-state index in [2.05, 4.69) is 31.3 Å². The summed E-state index contributed by atoms with van der Waals surface area (Å²) in [5.41, 5.74) is 1.23. The SMILES string of the molecule is CNC[C@@H](OC(C)C)c1ccccc1. The molecular formula is C12H19NO. The van der Waals surface area contributed by atoms with Gasteiger partial charge in [-0.05, 0) is 26.5 Å². The Kier molecular flexibility index (Phi) is 4.63. The molecule has 78 valence electrons. The molecule has 0 bridgehead atoms. The molecule has 0 amide bonds. The van der Waals surface area contributed by atoms with Crippen LogP contribution in [0.15, 0.2) is 30.3 Å². The van der Waals surface area contributed by atoms with Crippen LogP contribution < -0.4 is 5.32 Å². The van der Waals surface area contributed by atoms with Crippen LogP contribution in [0.1, 0.15) is 25.5 Å². The van der Waals surface area contributed by atoms with Crippen molar-refractivity contribution in [3.63, 3.8) is 0 Å². The van der Waals surface area contributed by atoms with Gasteiger partial charge in [-0.15, -0.1) is 0 Å². The first-order chi connectivity index (χ1) is 6.74. The Morgan fingerprint density at radius 1 is 1.21 bits per heavy atom. The Labute approximate surface area is 86.3 Å². The van der Waals surface area contributed by atoms with Crippen molar-refractivity contribution in [3.8, 4) is 0 Å². The minimum atomic E-state index is 0.154. The maximum atomic E-state index is 5.81. The zero-order valence-corrected chi connectivity index (χ0v) is 9.16. The molecule has 0 saturated heterocycles. The summed E-state index contributed by atoms with van der Waals surface area (Å²) in [6.45, 7) is 4.97. The van der Waals surface area contributed by atoms with Gasteiger partial charge in [-0.3, -0.25) is 0 Å². The van der Waals surface area contributed by atoms with Gasteiger partial charge in [0.15, 0.2) is 0 Å². The van der Waals surface area contributed by atoms with Crippen LogP contribution in [0.25, 0.3) is 0 Å². The van der Waals surface area contributed by atoms with Crippen molar-refractivity contribution < 1.29 is 4.74 Å². The smallest absolute Gasteiger partial charge is 0.0952 e. The van der Waals surface area contributed by atoms with Gasteiger partial charge in [0.2, 0.25) is 0 Å². The van der Waals surface area contributed by atoms with Crippen molar-refractivity contribution in [1.82, 2.24) is 5.32 Å². The van der Waals surface area contributed by atoms with Crippen molar-refractivity contribution in [3.05, 3.63) is 35.9 Å². The molecule has 0 radical (unpaired) electrons. The molecule has 1 aromatic carbocycles. The van der Waals surface area contributed by atoms with E-state index in [1.807, 2.05) is 25.2 Å². The van der Waals surface area contributed by atoms with Crippen LogP contribution >= 0.6 is 0 Å². The Balaban J connectivity index is 2.67. The highest BCUT2D eigenvalue weighted by Gasteiger charge is 2.11. The van der Waals surface area contributed by atoms with Crippen LogP contribution in [0.2, 0.25) is 0 Å². The molecule has 0 aliphatic heterocycles. The fourth-order valence-corrected chi connectivity index (χ4v) is 1.43. The van der Waals surface area contributed by atoms with Gasteiger partial charge in [0.25, 0.3) is 0 Å². The van der Waals surface area contributed by atoms with E-state index in [0.717, 1.165) is 6.54 Å². The summed E-state index contributed by atoms with van der Waals surface area (Å²) in [4.78, 5) is 0. The average Bonchev–Trinajstić information content (AvgIpc) is 2.18. The van der Waals surface area contributed by atoms with E-state index in [0.29, 0.717) is 0 Å². The number of hydrogen-bond donors (Lipinski definition) is 1. The Hall–Kier alpha value is -0.860. The van der Waals surface area contributed by atoms with Crippen LogP contribution in [0.4, 0.5) is 0 Å². The fraction of sp³-hybridized carbons (Fsp3) is 0.500. The molecule has 2 heteroatoms. The second-order valence-electron chi connectivity index (χ2n) is 3.64. The zero-order chi connectivity index (χ0) is 10.4. The van der Waals surface area contributed by atoms with Crippen LogP contribution in [0, 0.1) is 0 Å². The summed E-state index contributed by atoms with van der Waals surface area (Å²) in [5, 5.41) is 3.15. The predicted octanol–water partition coefficient (Wildman–Crippen LogP) is 2.37. The van der Waals surface area contributed by atoms with Crippen LogP contribution in [0.5, 0.6) is 0 Å². The normalized spacial score (nSPS) is 13.1. The van der Waals surface area contributed by atoms with Gasteiger partial charge in [-0.1, -0.05) is 30.3 Å². The van der Waals surface area contributed by atoms with Crippen molar-refractivity contribution in [1.29, 1.82) is 0 Å². The molecule has 1 aromatic rings. The van der Waals surface area contributed by atoms with Gasteiger partial charge in [-0.2, -0.15) is 0 Å². The molecule has 0 aromatic heterocycles. The molecule has 0 unspecified atom stereocenters. The summed E-state index contributed by atoms with van der Waals surface area (Å²) < 4.78 is 5.81. The molecule has 0 saturated carbocycles. The largest absolute Gasteiger partial charge is 0.370 e. The minimum absolute atomic E-state index is 0.154. The molecule has 0 heterocycles. The molecule has 2 nitrogen and oxygen atoms in total. The van der Waals surface area contributed by atoms with E-state index in [1.54, 1.807) is 0 Å². The molecule has 0 aliphatic carbocycles. The number of hydrogen-bond acceptors (Lipinski definition) is 2. The van der Waals surface area contributed by atoms with Crippen molar-refractivity contribution in [2.24, 2.45) is 0 Å².